The van der Waals surface area contributed by atoms with Gasteiger partial charge in [-0.1, -0.05) is 11.6 Å². The van der Waals surface area contributed by atoms with Crippen molar-refractivity contribution in [3.63, 3.8) is 0 Å². The minimum Gasteiger partial charge on any atom is -0.488 e. The first-order valence-electron chi connectivity index (χ1n) is 4.33. The number of hydrogen-bond acceptors (Lipinski definition) is 1. The molecule has 0 aliphatic carbocycles. The molecule has 0 unspecified atom stereocenters. The van der Waals surface area contributed by atoms with Crippen LogP contribution in [0.2, 0.25) is 5.02 Å². The van der Waals surface area contributed by atoms with Crippen molar-refractivity contribution in [1.82, 2.24) is 0 Å². The third kappa shape index (κ3) is 3.69. The van der Waals surface area contributed by atoms with E-state index in [4.69, 9.17) is 16.3 Å². The molecule has 0 atom stereocenters. The second kappa shape index (κ2) is 3.59. The molecule has 0 fully saturated rings. The summed E-state index contributed by atoms with van der Waals surface area (Å²) in [6.45, 7) is 8.05. The summed E-state index contributed by atoms with van der Waals surface area (Å²) < 4.78 is 5.68. The number of benzene rings is 1. The zero-order valence-electron chi connectivity index (χ0n) is 8.52. The Balaban J connectivity index is 2.90. The van der Waals surface area contributed by atoms with Gasteiger partial charge in [0, 0.05) is 5.02 Å². The van der Waals surface area contributed by atoms with Crippen LogP contribution in [0.4, 0.5) is 0 Å². The molecular weight excluding hydrogens is 184 g/mol. The third-order valence-corrected chi connectivity index (χ3v) is 1.66. The van der Waals surface area contributed by atoms with Gasteiger partial charge in [-0.3, -0.25) is 0 Å². The highest BCUT2D eigenvalue weighted by molar-refractivity contribution is 6.30. The van der Waals surface area contributed by atoms with Crippen molar-refractivity contribution in [1.29, 1.82) is 0 Å². The van der Waals surface area contributed by atoms with Crippen molar-refractivity contribution >= 4 is 11.6 Å². The number of aryl methyl sites for hydroxylation is 1. The Bertz CT molecular complexity index is 279. The van der Waals surface area contributed by atoms with Gasteiger partial charge in [0.25, 0.3) is 0 Å². The van der Waals surface area contributed by atoms with Crippen molar-refractivity contribution < 1.29 is 4.74 Å². The predicted molar refractivity (Wildman–Crippen MR) is 56.6 cm³/mol. The van der Waals surface area contributed by atoms with Crippen LogP contribution in [0.1, 0.15) is 26.3 Å². The fraction of sp³-hybridized carbons (Fsp3) is 0.455. The van der Waals surface area contributed by atoms with Gasteiger partial charge in [-0.15, -0.1) is 0 Å². The molecule has 1 aromatic carbocycles. The molecule has 72 valence electrons. The van der Waals surface area contributed by atoms with E-state index in [2.05, 4.69) is 0 Å². The SMILES string of the molecule is Cc1cc(Cl)cc(OC(C)(C)C)c1. The summed E-state index contributed by atoms with van der Waals surface area (Å²) in [5.41, 5.74) is 0.948. The second-order valence-electron chi connectivity index (χ2n) is 4.18. The molecule has 0 heterocycles. The monoisotopic (exact) mass is 198 g/mol. The van der Waals surface area contributed by atoms with Crippen LogP contribution in [0.5, 0.6) is 5.75 Å². The molecule has 0 bridgehead atoms. The van der Waals surface area contributed by atoms with Crippen molar-refractivity contribution in [2.75, 3.05) is 0 Å². The summed E-state index contributed by atoms with van der Waals surface area (Å²) in [7, 11) is 0. The summed E-state index contributed by atoms with van der Waals surface area (Å²) in [5.74, 6) is 0.831. The normalized spacial score (nSPS) is 11.5. The topological polar surface area (TPSA) is 9.23 Å². The lowest BCUT2D eigenvalue weighted by atomic mass is 10.2. The van der Waals surface area contributed by atoms with Crippen LogP contribution in [-0.4, -0.2) is 5.60 Å². The van der Waals surface area contributed by atoms with Crippen LogP contribution in [0.15, 0.2) is 18.2 Å². The Hall–Kier alpha value is -0.690. The smallest absolute Gasteiger partial charge is 0.121 e. The summed E-state index contributed by atoms with van der Waals surface area (Å²) in [5, 5.41) is 0.722. The summed E-state index contributed by atoms with van der Waals surface area (Å²) in [6, 6.07) is 5.73. The summed E-state index contributed by atoms with van der Waals surface area (Å²) in [4.78, 5) is 0. The van der Waals surface area contributed by atoms with Gasteiger partial charge in [0.2, 0.25) is 0 Å². The van der Waals surface area contributed by atoms with E-state index >= 15 is 0 Å². The van der Waals surface area contributed by atoms with Crippen molar-refractivity contribution in [3.8, 4) is 5.75 Å². The van der Waals surface area contributed by atoms with E-state index < -0.39 is 0 Å². The maximum absolute atomic E-state index is 5.90. The van der Waals surface area contributed by atoms with Crippen LogP contribution in [0, 0.1) is 6.92 Å². The first kappa shape index (κ1) is 10.4. The predicted octanol–water partition coefficient (Wildman–Crippen LogP) is 3.83. The molecule has 0 aromatic heterocycles. The van der Waals surface area contributed by atoms with Gasteiger partial charge in [0.05, 0.1) is 0 Å². The highest BCUT2D eigenvalue weighted by Crippen LogP contribution is 2.23. The number of halogens is 1. The molecule has 13 heavy (non-hydrogen) atoms. The quantitative estimate of drug-likeness (QED) is 0.667. The first-order valence-corrected chi connectivity index (χ1v) is 4.71. The van der Waals surface area contributed by atoms with Crippen molar-refractivity contribution in [2.45, 2.75) is 33.3 Å². The molecule has 0 radical (unpaired) electrons. The largest absolute Gasteiger partial charge is 0.488 e. The third-order valence-electron chi connectivity index (χ3n) is 1.44. The molecule has 0 amide bonds. The van der Waals surface area contributed by atoms with Gasteiger partial charge in [0.1, 0.15) is 11.4 Å². The number of hydrogen-bond donors (Lipinski definition) is 0. The Morgan fingerprint density at radius 3 is 2.23 bits per heavy atom. The van der Waals surface area contributed by atoms with Gasteiger partial charge in [-0.2, -0.15) is 0 Å². The number of rotatable bonds is 1. The fourth-order valence-electron chi connectivity index (χ4n) is 1.12. The van der Waals surface area contributed by atoms with Crippen molar-refractivity contribution in [3.05, 3.63) is 28.8 Å². The standard InChI is InChI=1S/C11H15ClO/c1-8-5-9(12)7-10(6-8)13-11(2,3)4/h5-7H,1-4H3. The van der Waals surface area contributed by atoms with E-state index in [9.17, 15) is 0 Å². The molecular formula is C11H15ClO. The Labute approximate surface area is 84.7 Å². The van der Waals surface area contributed by atoms with Gasteiger partial charge in [-0.25, -0.2) is 0 Å². The molecule has 2 heteroatoms. The van der Waals surface area contributed by atoms with E-state index in [1.807, 2.05) is 45.9 Å². The minimum absolute atomic E-state index is 0.170. The highest BCUT2D eigenvalue weighted by Gasteiger charge is 2.11. The maximum Gasteiger partial charge on any atom is 0.121 e. The molecule has 0 spiro atoms. The van der Waals surface area contributed by atoms with Gasteiger partial charge < -0.3 is 4.74 Å². The van der Waals surface area contributed by atoms with E-state index in [1.165, 1.54) is 0 Å². The van der Waals surface area contributed by atoms with Gasteiger partial charge in [-0.05, 0) is 51.5 Å². The molecule has 0 saturated heterocycles. The van der Waals surface area contributed by atoms with E-state index in [0.717, 1.165) is 16.3 Å². The van der Waals surface area contributed by atoms with Crippen molar-refractivity contribution in [2.24, 2.45) is 0 Å². The van der Waals surface area contributed by atoms with Crippen LogP contribution in [-0.2, 0) is 0 Å². The lowest BCUT2D eigenvalue weighted by Crippen LogP contribution is -2.22. The molecule has 1 nitrogen and oxygen atoms in total. The Morgan fingerprint density at radius 1 is 1.15 bits per heavy atom. The molecule has 0 N–H and O–H groups in total. The fourth-order valence-corrected chi connectivity index (χ4v) is 1.39. The molecule has 1 aromatic rings. The van der Waals surface area contributed by atoms with E-state index in [0.29, 0.717) is 0 Å². The lowest BCUT2D eigenvalue weighted by Gasteiger charge is -2.21. The van der Waals surface area contributed by atoms with Crippen LogP contribution in [0.25, 0.3) is 0 Å². The zero-order valence-corrected chi connectivity index (χ0v) is 9.27. The number of ether oxygens (including phenoxy) is 1. The average Bonchev–Trinajstić information content (AvgIpc) is 1.78. The Kier molecular flexibility index (Phi) is 2.87. The maximum atomic E-state index is 5.90. The minimum atomic E-state index is -0.170. The van der Waals surface area contributed by atoms with Crippen LogP contribution >= 0.6 is 11.6 Å². The summed E-state index contributed by atoms with van der Waals surface area (Å²) in [6.07, 6.45) is 0. The molecule has 0 aliphatic rings. The molecule has 0 aliphatic heterocycles. The molecule has 0 saturated carbocycles. The highest BCUT2D eigenvalue weighted by atomic mass is 35.5. The summed E-state index contributed by atoms with van der Waals surface area (Å²) >= 11 is 5.90. The zero-order chi connectivity index (χ0) is 10.1. The van der Waals surface area contributed by atoms with Crippen LogP contribution in [0.3, 0.4) is 0 Å². The second-order valence-corrected chi connectivity index (χ2v) is 4.62. The lowest BCUT2D eigenvalue weighted by molar-refractivity contribution is 0.131. The Morgan fingerprint density at radius 2 is 1.77 bits per heavy atom. The molecule has 1 rings (SSSR count). The first-order chi connectivity index (χ1) is 5.87. The average molecular weight is 199 g/mol. The van der Waals surface area contributed by atoms with Gasteiger partial charge in [0.15, 0.2) is 0 Å². The van der Waals surface area contributed by atoms with E-state index in [1.54, 1.807) is 0 Å². The van der Waals surface area contributed by atoms with Crippen LogP contribution < -0.4 is 4.74 Å². The van der Waals surface area contributed by atoms with Gasteiger partial charge >= 0.3 is 0 Å². The van der Waals surface area contributed by atoms with E-state index in [-0.39, 0.29) is 5.60 Å².